The Morgan fingerprint density at radius 1 is 1.32 bits per heavy atom. The quantitative estimate of drug-likeness (QED) is 0.756. The molecule has 2 heterocycles. The smallest absolute Gasteiger partial charge is 0.246 e. The zero-order valence-electron chi connectivity index (χ0n) is 13.7. The van der Waals surface area contributed by atoms with Gasteiger partial charge in [0.2, 0.25) is 5.91 Å². The largest absolute Gasteiger partial charge is 0.462 e. The summed E-state index contributed by atoms with van der Waals surface area (Å²) >= 11 is 0. The second-order valence-electron chi connectivity index (χ2n) is 5.87. The van der Waals surface area contributed by atoms with E-state index in [9.17, 15) is 4.79 Å². The summed E-state index contributed by atoms with van der Waals surface area (Å²) in [6, 6.07) is 3.76. The minimum atomic E-state index is 0.0483. The Hall–Kier alpha value is -1.59. The number of furan rings is 1. The Morgan fingerprint density at radius 3 is 2.64 bits per heavy atom. The molecule has 5 nitrogen and oxygen atoms in total. The molecule has 0 radical (unpaired) electrons. The van der Waals surface area contributed by atoms with E-state index < -0.39 is 0 Å². The van der Waals surface area contributed by atoms with E-state index in [1.165, 1.54) is 0 Å². The molecule has 1 fully saturated rings. The van der Waals surface area contributed by atoms with Crippen LogP contribution in [0.25, 0.3) is 6.08 Å². The number of carbonyl (C=O) groups excluding carboxylic acids is 1. The Bertz CT molecular complexity index is 500. The van der Waals surface area contributed by atoms with Crippen molar-refractivity contribution in [1.82, 2.24) is 9.80 Å². The number of piperazine rings is 1. The van der Waals surface area contributed by atoms with Gasteiger partial charge in [0, 0.05) is 38.8 Å². The minimum absolute atomic E-state index is 0.0483. The maximum Gasteiger partial charge on any atom is 0.246 e. The molecule has 0 aliphatic carbocycles. The zero-order chi connectivity index (χ0) is 15.9. The summed E-state index contributed by atoms with van der Waals surface area (Å²) in [6.45, 7) is 11.0. The molecule has 0 unspecified atom stereocenters. The molecule has 5 heteroatoms. The van der Waals surface area contributed by atoms with Crippen LogP contribution in [0.1, 0.15) is 25.4 Å². The molecule has 1 saturated heterocycles. The second-order valence-corrected chi connectivity index (χ2v) is 5.87. The maximum atomic E-state index is 12.1. The highest BCUT2D eigenvalue weighted by Crippen LogP contribution is 2.09. The summed E-state index contributed by atoms with van der Waals surface area (Å²) in [5, 5.41) is 0. The van der Waals surface area contributed by atoms with E-state index in [-0.39, 0.29) is 12.0 Å². The minimum Gasteiger partial charge on any atom is -0.462 e. The topological polar surface area (TPSA) is 45.9 Å². The summed E-state index contributed by atoms with van der Waals surface area (Å²) in [6.07, 6.45) is 3.60. The van der Waals surface area contributed by atoms with Crippen molar-refractivity contribution in [3.63, 3.8) is 0 Å². The molecule has 0 bridgehead atoms. The molecule has 1 amide bonds. The second kappa shape index (κ2) is 8.15. The molecule has 1 aliphatic heterocycles. The van der Waals surface area contributed by atoms with E-state index >= 15 is 0 Å². The third kappa shape index (κ3) is 5.31. The van der Waals surface area contributed by atoms with E-state index in [0.29, 0.717) is 0 Å². The van der Waals surface area contributed by atoms with Gasteiger partial charge in [-0.1, -0.05) is 0 Å². The van der Waals surface area contributed by atoms with Crippen molar-refractivity contribution >= 4 is 12.0 Å². The predicted molar refractivity (Wildman–Crippen MR) is 86.6 cm³/mol. The van der Waals surface area contributed by atoms with Gasteiger partial charge in [-0.15, -0.1) is 0 Å². The number of nitrogens with zero attached hydrogens (tertiary/aromatic N) is 2. The summed E-state index contributed by atoms with van der Waals surface area (Å²) in [7, 11) is 0. The fourth-order valence-electron chi connectivity index (χ4n) is 2.41. The Morgan fingerprint density at radius 2 is 2.05 bits per heavy atom. The van der Waals surface area contributed by atoms with E-state index in [2.05, 4.69) is 4.90 Å². The molecule has 1 aromatic rings. The number of carbonyl (C=O) groups is 1. The number of aryl methyl sites for hydroxylation is 1. The van der Waals surface area contributed by atoms with E-state index in [1.807, 2.05) is 37.8 Å². The highest BCUT2D eigenvalue weighted by atomic mass is 16.5. The van der Waals surface area contributed by atoms with Crippen molar-refractivity contribution in [3.05, 3.63) is 29.7 Å². The molecule has 1 aromatic heterocycles. The summed E-state index contributed by atoms with van der Waals surface area (Å²) in [5.74, 6) is 1.62. The van der Waals surface area contributed by atoms with Gasteiger partial charge in [-0.2, -0.15) is 0 Å². The number of amides is 1. The van der Waals surface area contributed by atoms with Gasteiger partial charge in [0.1, 0.15) is 11.5 Å². The van der Waals surface area contributed by atoms with Crippen LogP contribution in [-0.4, -0.2) is 61.1 Å². The van der Waals surface area contributed by atoms with Crippen molar-refractivity contribution in [1.29, 1.82) is 0 Å². The van der Waals surface area contributed by atoms with Gasteiger partial charge in [0.25, 0.3) is 0 Å². The number of ether oxygens (including phenoxy) is 1. The molecule has 0 spiro atoms. The number of rotatable bonds is 6. The Balaban J connectivity index is 1.71. The van der Waals surface area contributed by atoms with E-state index in [0.717, 1.165) is 50.9 Å². The number of hydrogen-bond donors (Lipinski definition) is 0. The van der Waals surface area contributed by atoms with Crippen molar-refractivity contribution in [2.24, 2.45) is 0 Å². The summed E-state index contributed by atoms with van der Waals surface area (Å²) < 4.78 is 11.0. The lowest BCUT2D eigenvalue weighted by molar-refractivity contribution is -0.127. The van der Waals surface area contributed by atoms with Crippen LogP contribution in [0.3, 0.4) is 0 Å². The van der Waals surface area contributed by atoms with Gasteiger partial charge >= 0.3 is 0 Å². The highest BCUT2D eigenvalue weighted by molar-refractivity contribution is 5.91. The molecular weight excluding hydrogens is 280 g/mol. The van der Waals surface area contributed by atoms with E-state index in [1.54, 1.807) is 12.2 Å². The van der Waals surface area contributed by atoms with Gasteiger partial charge in [-0.25, -0.2) is 0 Å². The fraction of sp³-hybridized carbons (Fsp3) is 0.588. The van der Waals surface area contributed by atoms with Gasteiger partial charge < -0.3 is 14.1 Å². The molecule has 0 saturated carbocycles. The van der Waals surface area contributed by atoms with Crippen LogP contribution >= 0.6 is 0 Å². The molecule has 0 atom stereocenters. The van der Waals surface area contributed by atoms with Crippen molar-refractivity contribution < 1.29 is 13.9 Å². The first-order valence-corrected chi connectivity index (χ1v) is 7.92. The highest BCUT2D eigenvalue weighted by Gasteiger charge is 2.19. The average Bonchev–Trinajstić information content (AvgIpc) is 2.91. The van der Waals surface area contributed by atoms with Gasteiger partial charge in [-0.05, 0) is 39.0 Å². The SMILES string of the molecule is Cc1ccc(/C=C\C(=O)N2CCN(CCOC(C)C)CC2)o1. The fourth-order valence-corrected chi connectivity index (χ4v) is 2.41. The molecule has 0 N–H and O–H groups in total. The lowest BCUT2D eigenvalue weighted by atomic mass is 10.3. The third-order valence-electron chi connectivity index (χ3n) is 3.69. The molecule has 2 rings (SSSR count). The van der Waals surface area contributed by atoms with E-state index in [4.69, 9.17) is 9.15 Å². The molecule has 22 heavy (non-hydrogen) atoms. The van der Waals surface area contributed by atoms with Crippen LogP contribution in [0.5, 0.6) is 0 Å². The lowest BCUT2D eigenvalue weighted by Gasteiger charge is -2.34. The zero-order valence-corrected chi connectivity index (χ0v) is 13.7. The summed E-state index contributed by atoms with van der Waals surface area (Å²) in [5.41, 5.74) is 0. The van der Waals surface area contributed by atoms with Crippen LogP contribution in [0, 0.1) is 6.92 Å². The Labute approximate surface area is 132 Å². The van der Waals surface area contributed by atoms with Gasteiger partial charge in [-0.3, -0.25) is 9.69 Å². The van der Waals surface area contributed by atoms with Crippen LogP contribution < -0.4 is 0 Å². The molecule has 1 aliphatic rings. The summed E-state index contributed by atoms with van der Waals surface area (Å²) in [4.78, 5) is 16.4. The first-order valence-electron chi connectivity index (χ1n) is 7.92. The first kappa shape index (κ1) is 16.8. The number of hydrogen-bond acceptors (Lipinski definition) is 4. The lowest BCUT2D eigenvalue weighted by Crippen LogP contribution is -2.49. The van der Waals surface area contributed by atoms with Crippen LogP contribution in [0.4, 0.5) is 0 Å². The predicted octanol–water partition coefficient (Wildman–Crippen LogP) is 2.17. The van der Waals surface area contributed by atoms with Crippen molar-refractivity contribution in [3.8, 4) is 0 Å². The third-order valence-corrected chi connectivity index (χ3v) is 3.69. The Kier molecular flexibility index (Phi) is 6.21. The van der Waals surface area contributed by atoms with Crippen LogP contribution in [0.15, 0.2) is 22.6 Å². The van der Waals surface area contributed by atoms with Crippen LogP contribution in [-0.2, 0) is 9.53 Å². The molecule has 0 aromatic carbocycles. The monoisotopic (exact) mass is 306 g/mol. The van der Waals surface area contributed by atoms with Gasteiger partial charge in [0.15, 0.2) is 0 Å². The molecular formula is C17H26N2O3. The first-order chi connectivity index (χ1) is 10.5. The van der Waals surface area contributed by atoms with Crippen molar-refractivity contribution in [2.45, 2.75) is 26.9 Å². The maximum absolute atomic E-state index is 12.1. The van der Waals surface area contributed by atoms with Crippen LogP contribution in [0.2, 0.25) is 0 Å². The van der Waals surface area contributed by atoms with Gasteiger partial charge in [0.05, 0.1) is 12.7 Å². The van der Waals surface area contributed by atoms with Crippen molar-refractivity contribution in [2.75, 3.05) is 39.3 Å². The molecule has 122 valence electrons. The average molecular weight is 306 g/mol. The standard InChI is InChI=1S/C17H26N2O3/c1-14(2)21-13-12-18-8-10-19(11-9-18)17(20)7-6-16-5-4-15(3)22-16/h4-7,14H,8-13H2,1-3H3/b7-6-. The normalized spacial score (nSPS) is 16.8.